The number of hydrogen-bond donors (Lipinski definition) is 2. The summed E-state index contributed by atoms with van der Waals surface area (Å²) in [5.41, 5.74) is 3.30. The summed E-state index contributed by atoms with van der Waals surface area (Å²) in [4.78, 5) is 10.3. The molecule has 1 heterocycles. The van der Waals surface area contributed by atoms with Crippen molar-refractivity contribution < 1.29 is 0 Å². The fourth-order valence-electron chi connectivity index (χ4n) is 1.10. The monoisotopic (exact) mass is 193 g/mol. The summed E-state index contributed by atoms with van der Waals surface area (Å²) in [7, 11) is 1.93. The zero-order chi connectivity index (χ0) is 10.6. The molecule has 0 aliphatic heterocycles. The highest BCUT2D eigenvalue weighted by Gasteiger charge is 2.04. The molecule has 1 rings (SSSR count). The van der Waals surface area contributed by atoms with Gasteiger partial charge in [-0.1, -0.05) is 6.08 Å². The Labute approximate surface area is 83.6 Å². The molecule has 0 spiro atoms. The Morgan fingerprint density at radius 1 is 1.64 bits per heavy atom. The Bertz CT molecular complexity index is 323. The fourth-order valence-corrected chi connectivity index (χ4v) is 1.10. The van der Waals surface area contributed by atoms with E-state index in [1.807, 2.05) is 31.0 Å². The summed E-state index contributed by atoms with van der Waals surface area (Å²) >= 11 is 0. The lowest BCUT2D eigenvalue weighted by molar-refractivity contribution is 0.961. The Hall–Kier alpha value is -1.62. The first-order valence-electron chi connectivity index (χ1n) is 4.31. The van der Waals surface area contributed by atoms with Crippen molar-refractivity contribution >= 4 is 11.8 Å². The van der Waals surface area contributed by atoms with E-state index in [1.165, 1.54) is 0 Å². The molecule has 0 amide bonds. The molecule has 5 heteroatoms. The predicted molar refractivity (Wildman–Crippen MR) is 58.0 cm³/mol. The van der Waals surface area contributed by atoms with Gasteiger partial charge in [-0.25, -0.2) is 10.8 Å². The second-order valence-corrected chi connectivity index (χ2v) is 3.00. The maximum absolute atomic E-state index is 5.25. The normalized spacial score (nSPS) is 9.64. The van der Waals surface area contributed by atoms with Crippen molar-refractivity contribution in [3.63, 3.8) is 0 Å². The molecule has 0 fully saturated rings. The molecular formula is C9H15N5. The van der Waals surface area contributed by atoms with E-state index in [0.717, 1.165) is 18.1 Å². The third-order valence-electron chi connectivity index (χ3n) is 1.76. The molecule has 3 N–H and O–H groups in total. The summed E-state index contributed by atoms with van der Waals surface area (Å²) < 4.78 is 0. The van der Waals surface area contributed by atoms with Crippen LogP contribution < -0.4 is 16.2 Å². The average molecular weight is 193 g/mol. The van der Waals surface area contributed by atoms with Crippen molar-refractivity contribution in [2.45, 2.75) is 6.92 Å². The first-order valence-corrected chi connectivity index (χ1v) is 4.31. The number of aryl methyl sites for hydroxylation is 1. The minimum atomic E-state index is 0.427. The minimum absolute atomic E-state index is 0.427. The topological polar surface area (TPSA) is 67.1 Å². The van der Waals surface area contributed by atoms with Gasteiger partial charge in [0.15, 0.2) is 0 Å². The van der Waals surface area contributed by atoms with Crippen LogP contribution in [0.25, 0.3) is 0 Å². The molecule has 0 saturated heterocycles. The van der Waals surface area contributed by atoms with E-state index in [1.54, 1.807) is 0 Å². The van der Waals surface area contributed by atoms with Gasteiger partial charge < -0.3 is 4.90 Å². The van der Waals surface area contributed by atoms with E-state index < -0.39 is 0 Å². The molecule has 14 heavy (non-hydrogen) atoms. The summed E-state index contributed by atoms with van der Waals surface area (Å²) in [5, 5.41) is 0. The molecule has 5 nitrogen and oxygen atoms in total. The van der Waals surface area contributed by atoms with Gasteiger partial charge in [0.25, 0.3) is 0 Å². The van der Waals surface area contributed by atoms with Gasteiger partial charge in [-0.2, -0.15) is 4.98 Å². The minimum Gasteiger partial charge on any atom is -0.356 e. The zero-order valence-corrected chi connectivity index (χ0v) is 8.49. The summed E-state index contributed by atoms with van der Waals surface area (Å²) in [6.45, 7) is 6.30. The molecule has 0 aliphatic carbocycles. The standard InChI is InChI=1S/C9H15N5/c1-4-5-14(3)8-6-7(2)11-9(12-8)13-10/h4,6H,1,5,10H2,2-3H3,(H,11,12,13). The Kier molecular flexibility index (Phi) is 3.41. The van der Waals surface area contributed by atoms with Crippen LogP contribution in [0, 0.1) is 6.92 Å². The van der Waals surface area contributed by atoms with Gasteiger partial charge in [0.05, 0.1) is 0 Å². The van der Waals surface area contributed by atoms with Crippen LogP contribution in [0.15, 0.2) is 18.7 Å². The first kappa shape index (κ1) is 10.5. The van der Waals surface area contributed by atoms with Crippen LogP contribution in [0.1, 0.15) is 5.69 Å². The van der Waals surface area contributed by atoms with Crippen LogP contribution in [0.2, 0.25) is 0 Å². The maximum atomic E-state index is 5.25. The summed E-state index contributed by atoms with van der Waals surface area (Å²) in [5.74, 6) is 6.50. The van der Waals surface area contributed by atoms with Crippen molar-refractivity contribution in [3.05, 3.63) is 24.4 Å². The van der Waals surface area contributed by atoms with E-state index in [-0.39, 0.29) is 0 Å². The molecule has 0 saturated carbocycles. The van der Waals surface area contributed by atoms with Crippen molar-refractivity contribution in [1.82, 2.24) is 9.97 Å². The number of hydrogen-bond acceptors (Lipinski definition) is 5. The number of aromatic nitrogens is 2. The van der Waals surface area contributed by atoms with Crippen molar-refractivity contribution in [3.8, 4) is 0 Å². The lowest BCUT2D eigenvalue weighted by Crippen LogP contribution is -2.20. The number of hydrazine groups is 1. The van der Waals surface area contributed by atoms with E-state index >= 15 is 0 Å². The van der Waals surface area contributed by atoms with E-state index in [9.17, 15) is 0 Å². The molecule has 0 radical (unpaired) electrons. The largest absolute Gasteiger partial charge is 0.356 e. The SMILES string of the molecule is C=CCN(C)c1cc(C)nc(NN)n1. The number of anilines is 2. The van der Waals surface area contributed by atoms with Crippen LogP contribution in [-0.4, -0.2) is 23.6 Å². The van der Waals surface area contributed by atoms with Gasteiger partial charge in [0.2, 0.25) is 5.95 Å². The molecule has 0 bridgehead atoms. The zero-order valence-electron chi connectivity index (χ0n) is 8.49. The number of rotatable bonds is 4. The van der Waals surface area contributed by atoms with Crippen LogP contribution >= 0.6 is 0 Å². The second kappa shape index (κ2) is 4.57. The van der Waals surface area contributed by atoms with Crippen molar-refractivity contribution in [2.75, 3.05) is 23.9 Å². The molecule has 0 atom stereocenters. The van der Waals surface area contributed by atoms with Gasteiger partial charge >= 0.3 is 0 Å². The first-order chi connectivity index (χ1) is 6.67. The third kappa shape index (κ3) is 2.43. The van der Waals surface area contributed by atoms with Crippen LogP contribution in [0.5, 0.6) is 0 Å². The molecule has 1 aromatic rings. The highest BCUT2D eigenvalue weighted by Crippen LogP contribution is 2.12. The van der Waals surface area contributed by atoms with Crippen LogP contribution in [0.4, 0.5) is 11.8 Å². The lowest BCUT2D eigenvalue weighted by atomic mass is 10.4. The third-order valence-corrected chi connectivity index (χ3v) is 1.76. The van der Waals surface area contributed by atoms with Gasteiger partial charge in [-0.3, -0.25) is 5.43 Å². The quantitative estimate of drug-likeness (QED) is 0.418. The second-order valence-electron chi connectivity index (χ2n) is 3.00. The van der Waals surface area contributed by atoms with Crippen molar-refractivity contribution in [1.29, 1.82) is 0 Å². The van der Waals surface area contributed by atoms with E-state index in [2.05, 4.69) is 22.0 Å². The Morgan fingerprint density at radius 3 is 2.93 bits per heavy atom. The number of nitrogen functional groups attached to an aromatic ring is 1. The highest BCUT2D eigenvalue weighted by molar-refractivity contribution is 5.44. The highest BCUT2D eigenvalue weighted by atomic mass is 15.3. The van der Waals surface area contributed by atoms with Gasteiger partial charge in [0, 0.05) is 25.4 Å². The molecule has 1 aromatic heterocycles. The predicted octanol–water partition coefficient (Wildman–Crippen LogP) is 0.693. The average Bonchev–Trinajstić information content (AvgIpc) is 2.17. The number of likely N-dealkylation sites (N-methyl/N-ethyl adjacent to an activating group) is 1. The van der Waals surface area contributed by atoms with Crippen molar-refractivity contribution in [2.24, 2.45) is 5.84 Å². The lowest BCUT2D eigenvalue weighted by Gasteiger charge is -2.16. The molecular weight excluding hydrogens is 178 g/mol. The summed E-state index contributed by atoms with van der Waals surface area (Å²) in [6, 6.07) is 1.89. The maximum Gasteiger partial charge on any atom is 0.239 e. The molecule has 76 valence electrons. The van der Waals surface area contributed by atoms with Crippen LogP contribution in [0.3, 0.4) is 0 Å². The molecule has 0 unspecified atom stereocenters. The van der Waals surface area contributed by atoms with Gasteiger partial charge in [-0.15, -0.1) is 6.58 Å². The smallest absolute Gasteiger partial charge is 0.239 e. The van der Waals surface area contributed by atoms with Gasteiger partial charge in [-0.05, 0) is 6.92 Å². The number of nitrogens with zero attached hydrogens (tertiary/aromatic N) is 3. The fraction of sp³-hybridized carbons (Fsp3) is 0.333. The number of nitrogens with two attached hydrogens (primary N) is 1. The Morgan fingerprint density at radius 2 is 2.36 bits per heavy atom. The summed E-state index contributed by atoms with van der Waals surface area (Å²) in [6.07, 6.45) is 1.81. The molecule has 0 aromatic carbocycles. The van der Waals surface area contributed by atoms with E-state index in [0.29, 0.717) is 5.95 Å². The Balaban J connectivity index is 2.96. The number of nitrogens with one attached hydrogen (secondary N) is 1. The molecule has 0 aliphatic rings. The van der Waals surface area contributed by atoms with Gasteiger partial charge in [0.1, 0.15) is 5.82 Å². The van der Waals surface area contributed by atoms with E-state index in [4.69, 9.17) is 5.84 Å². The van der Waals surface area contributed by atoms with Crippen LogP contribution in [-0.2, 0) is 0 Å².